The molecule has 0 radical (unpaired) electrons. The van der Waals surface area contributed by atoms with Crippen molar-refractivity contribution in [1.29, 1.82) is 0 Å². The standard InChI is InChI=1S/C23H24F2N8O2/c1-4-16(34)14-10-27-17(29-22(35)12-5-6-12)9-15(14)28-21-20-13(7-8-26-21)19-18(11(2)32(20)3)30-31-33(19)23(24)25/h7-12,23H,4-6H2,1-3H3,(H2,26,27,28,29,35)/t11-/m1/s1/i1D3. The van der Waals surface area contributed by atoms with E-state index in [-0.39, 0.29) is 40.4 Å². The second-order valence-electron chi connectivity index (χ2n) is 8.49. The van der Waals surface area contributed by atoms with Gasteiger partial charge in [-0.1, -0.05) is 12.1 Å². The van der Waals surface area contributed by atoms with Crippen molar-refractivity contribution in [3.8, 4) is 11.3 Å². The number of alkyl halides is 2. The van der Waals surface area contributed by atoms with Gasteiger partial charge in [-0.2, -0.15) is 13.5 Å². The minimum atomic E-state index is -2.92. The Morgan fingerprint density at radius 2 is 2.11 bits per heavy atom. The molecule has 1 amide bonds. The predicted molar refractivity (Wildman–Crippen MR) is 125 cm³/mol. The second-order valence-corrected chi connectivity index (χ2v) is 8.49. The van der Waals surface area contributed by atoms with Crippen molar-refractivity contribution in [2.75, 3.05) is 22.6 Å². The maximum absolute atomic E-state index is 13.7. The van der Waals surface area contributed by atoms with Crippen LogP contribution in [0, 0.1) is 5.92 Å². The summed E-state index contributed by atoms with van der Waals surface area (Å²) in [6.07, 6.45) is 3.45. The number of nitrogens with zero attached hydrogens (tertiary/aromatic N) is 6. The van der Waals surface area contributed by atoms with Crippen LogP contribution in [0.2, 0.25) is 0 Å². The van der Waals surface area contributed by atoms with E-state index in [0.717, 1.165) is 12.8 Å². The fourth-order valence-electron chi connectivity index (χ4n) is 4.10. The molecule has 1 saturated carbocycles. The van der Waals surface area contributed by atoms with Gasteiger partial charge in [-0.05, 0) is 25.8 Å². The first-order chi connectivity index (χ1) is 17.9. The quantitative estimate of drug-likeness (QED) is 0.475. The van der Waals surface area contributed by atoms with Crippen molar-refractivity contribution in [3.63, 3.8) is 0 Å². The van der Waals surface area contributed by atoms with Crippen molar-refractivity contribution in [1.82, 2.24) is 25.0 Å². The summed E-state index contributed by atoms with van der Waals surface area (Å²) in [7, 11) is 1.75. The highest BCUT2D eigenvalue weighted by molar-refractivity contribution is 6.03. The van der Waals surface area contributed by atoms with Gasteiger partial charge in [-0.15, -0.1) is 5.10 Å². The zero-order valence-electron chi connectivity index (χ0n) is 21.9. The Morgan fingerprint density at radius 1 is 1.31 bits per heavy atom. The summed E-state index contributed by atoms with van der Waals surface area (Å²) in [5, 5.41) is 13.4. The van der Waals surface area contributed by atoms with Gasteiger partial charge in [-0.3, -0.25) is 9.59 Å². The average molecular weight is 486 g/mol. The Hall–Kier alpha value is -3.96. The lowest BCUT2D eigenvalue weighted by molar-refractivity contribution is -0.117. The molecule has 182 valence electrons. The molecule has 0 bridgehead atoms. The third kappa shape index (κ3) is 3.98. The largest absolute Gasteiger partial charge is 0.363 e. The van der Waals surface area contributed by atoms with Crippen LogP contribution in [0.15, 0.2) is 24.5 Å². The Kier molecular flexibility index (Phi) is 4.80. The summed E-state index contributed by atoms with van der Waals surface area (Å²) in [4.78, 5) is 35.5. The van der Waals surface area contributed by atoms with Gasteiger partial charge in [0.05, 0.1) is 23.0 Å². The summed E-state index contributed by atoms with van der Waals surface area (Å²) in [6.45, 7) is -3.64. The molecule has 1 aliphatic heterocycles. The number of ketones is 1. The van der Waals surface area contributed by atoms with Gasteiger partial charge in [-0.25, -0.2) is 9.97 Å². The lowest BCUT2D eigenvalue weighted by atomic mass is 9.98. The maximum atomic E-state index is 13.7. The predicted octanol–water partition coefficient (Wildman–Crippen LogP) is 4.33. The van der Waals surface area contributed by atoms with Crippen LogP contribution in [0.5, 0.6) is 0 Å². The molecule has 0 aromatic carbocycles. The van der Waals surface area contributed by atoms with Crippen LogP contribution in [0.4, 0.5) is 31.8 Å². The fourth-order valence-corrected chi connectivity index (χ4v) is 4.10. The number of halogens is 2. The summed E-state index contributed by atoms with van der Waals surface area (Å²) in [5.74, 6) is -0.588. The molecular formula is C23H24F2N8O2. The number of amides is 1. The number of pyridine rings is 2. The molecule has 1 fully saturated rings. The molecule has 0 saturated heterocycles. The first-order valence-electron chi connectivity index (χ1n) is 12.5. The zero-order valence-corrected chi connectivity index (χ0v) is 18.9. The van der Waals surface area contributed by atoms with Crippen LogP contribution >= 0.6 is 0 Å². The van der Waals surface area contributed by atoms with E-state index < -0.39 is 31.6 Å². The molecule has 35 heavy (non-hydrogen) atoms. The Morgan fingerprint density at radius 3 is 2.83 bits per heavy atom. The fraction of sp³-hybridized carbons (Fsp3) is 0.391. The van der Waals surface area contributed by atoms with Gasteiger partial charge >= 0.3 is 6.55 Å². The van der Waals surface area contributed by atoms with Gasteiger partial charge in [0.2, 0.25) is 5.91 Å². The van der Waals surface area contributed by atoms with E-state index in [2.05, 4.69) is 30.9 Å². The van der Waals surface area contributed by atoms with Crippen LogP contribution in [0.3, 0.4) is 0 Å². The lowest BCUT2D eigenvalue weighted by Crippen LogP contribution is -2.28. The van der Waals surface area contributed by atoms with Gasteiger partial charge in [0.25, 0.3) is 0 Å². The number of anilines is 4. The first-order valence-corrected chi connectivity index (χ1v) is 11.0. The van der Waals surface area contributed by atoms with Crippen LogP contribution in [-0.4, -0.2) is 43.7 Å². The van der Waals surface area contributed by atoms with E-state index in [1.54, 1.807) is 24.9 Å². The number of carbonyl (C=O) groups is 2. The molecule has 1 atom stereocenters. The third-order valence-electron chi connectivity index (χ3n) is 6.23. The van der Waals surface area contributed by atoms with E-state index in [4.69, 9.17) is 4.11 Å². The third-order valence-corrected chi connectivity index (χ3v) is 6.23. The number of Topliss-reactive ketones (excluding diaryl/α,β-unsaturated/α-hetero) is 1. The van der Waals surface area contributed by atoms with E-state index >= 15 is 0 Å². The number of hydrogen-bond donors (Lipinski definition) is 2. The second kappa shape index (κ2) is 8.67. The molecule has 3 aromatic heterocycles. The molecule has 10 nitrogen and oxygen atoms in total. The van der Waals surface area contributed by atoms with Crippen molar-refractivity contribution >= 4 is 34.7 Å². The molecule has 2 aliphatic rings. The number of nitrogens with one attached hydrogen (secondary N) is 2. The van der Waals surface area contributed by atoms with Crippen molar-refractivity contribution in [2.24, 2.45) is 5.92 Å². The molecular weight excluding hydrogens is 458 g/mol. The lowest BCUT2D eigenvalue weighted by Gasteiger charge is -2.34. The van der Waals surface area contributed by atoms with E-state index in [1.807, 2.05) is 0 Å². The van der Waals surface area contributed by atoms with Gasteiger partial charge in [0.1, 0.15) is 17.2 Å². The minimum Gasteiger partial charge on any atom is -0.363 e. The van der Waals surface area contributed by atoms with Gasteiger partial charge in [0, 0.05) is 47.5 Å². The van der Waals surface area contributed by atoms with E-state index in [9.17, 15) is 18.4 Å². The molecule has 3 aromatic rings. The minimum absolute atomic E-state index is 0.0172. The molecule has 1 aliphatic carbocycles. The smallest absolute Gasteiger partial charge is 0.335 e. The molecule has 0 unspecified atom stereocenters. The van der Waals surface area contributed by atoms with Gasteiger partial charge in [0.15, 0.2) is 11.6 Å². The Bertz CT molecular complexity index is 1420. The summed E-state index contributed by atoms with van der Waals surface area (Å²) in [6, 6.07) is 2.56. The summed E-state index contributed by atoms with van der Waals surface area (Å²) in [5.41, 5.74) is 1.52. The van der Waals surface area contributed by atoms with Crippen LogP contribution in [0.1, 0.15) is 65.8 Å². The maximum Gasteiger partial charge on any atom is 0.335 e. The number of fused-ring (bicyclic) bond motifs is 3. The van der Waals surface area contributed by atoms with Crippen molar-refractivity contribution in [2.45, 2.75) is 45.6 Å². The topological polar surface area (TPSA) is 118 Å². The molecule has 5 rings (SSSR count). The molecule has 0 spiro atoms. The normalized spacial score (nSPS) is 18.3. The zero-order chi connectivity index (χ0) is 27.4. The highest BCUT2D eigenvalue weighted by Crippen LogP contribution is 2.47. The highest BCUT2D eigenvalue weighted by atomic mass is 19.3. The number of hydrogen-bond acceptors (Lipinski definition) is 8. The number of aromatic nitrogens is 5. The van der Waals surface area contributed by atoms with Crippen LogP contribution < -0.4 is 15.5 Å². The van der Waals surface area contributed by atoms with E-state index in [1.165, 1.54) is 18.5 Å². The SMILES string of the molecule is [2H]C([2H])([2H])CC(=O)c1cnc(NC(=O)C2CC2)cc1Nc1nccc2c1N(C)[C@H](C)c1nnn(C(F)F)c1-2. The number of rotatable bonds is 7. The summed E-state index contributed by atoms with van der Waals surface area (Å²) < 4.78 is 50.5. The van der Waals surface area contributed by atoms with Crippen molar-refractivity contribution < 1.29 is 22.5 Å². The Balaban J connectivity index is 1.59. The molecule has 4 heterocycles. The molecule has 2 N–H and O–H groups in total. The van der Waals surface area contributed by atoms with Crippen LogP contribution in [-0.2, 0) is 4.79 Å². The average Bonchev–Trinajstić information content (AvgIpc) is 3.59. The molecule has 12 heteroatoms. The van der Waals surface area contributed by atoms with Crippen LogP contribution in [0.25, 0.3) is 11.3 Å². The Labute approximate surface area is 204 Å². The summed E-state index contributed by atoms with van der Waals surface area (Å²) >= 11 is 0. The van der Waals surface area contributed by atoms with E-state index in [0.29, 0.717) is 21.6 Å². The number of carbonyl (C=O) groups excluding carboxylic acids is 2. The monoisotopic (exact) mass is 485 g/mol. The van der Waals surface area contributed by atoms with Gasteiger partial charge < -0.3 is 15.5 Å². The highest BCUT2D eigenvalue weighted by Gasteiger charge is 2.35. The van der Waals surface area contributed by atoms with Crippen molar-refractivity contribution in [3.05, 3.63) is 35.8 Å². The first kappa shape index (κ1) is 19.4.